The van der Waals surface area contributed by atoms with Crippen LogP contribution >= 0.6 is 0 Å². The van der Waals surface area contributed by atoms with E-state index in [1.165, 1.54) is 26.0 Å². The van der Waals surface area contributed by atoms with Crippen LogP contribution in [0.4, 0.5) is 0 Å². The Kier molecular flexibility index (Phi) is 6.92. The molecule has 0 aliphatic carbocycles. The summed E-state index contributed by atoms with van der Waals surface area (Å²) >= 11 is 0. The van der Waals surface area contributed by atoms with Gasteiger partial charge in [0.15, 0.2) is 11.6 Å². The summed E-state index contributed by atoms with van der Waals surface area (Å²) in [5.41, 5.74) is -2.40. The second-order valence-electron chi connectivity index (χ2n) is 6.57. The number of carbonyl (C=O) groups excluding carboxylic acids is 2. The number of hydrogen-bond acceptors (Lipinski definition) is 8. The molecule has 8 nitrogen and oxygen atoms in total. The molecule has 150 valence electrons. The molecule has 0 saturated heterocycles. The van der Waals surface area contributed by atoms with Crippen molar-refractivity contribution >= 4 is 11.6 Å². The highest BCUT2D eigenvalue weighted by Crippen LogP contribution is 2.19. The number of ketones is 2. The first-order valence-electron chi connectivity index (χ1n) is 8.94. The molecule has 0 aliphatic heterocycles. The lowest BCUT2D eigenvalue weighted by atomic mass is 10.0. The van der Waals surface area contributed by atoms with E-state index in [1.54, 1.807) is 0 Å². The third-order valence-electron chi connectivity index (χ3n) is 4.22. The Bertz CT molecular complexity index is 915. The number of aromatic hydroxyl groups is 2. The fraction of sp³-hybridized carbons (Fsp3) is 0.400. The van der Waals surface area contributed by atoms with Crippen molar-refractivity contribution in [3.63, 3.8) is 0 Å². The number of Topliss-reactive ketones (excluding diaryl/α,β-unsaturated/α-hetero) is 2. The second-order valence-corrected chi connectivity index (χ2v) is 6.57. The van der Waals surface area contributed by atoms with Gasteiger partial charge in [0.2, 0.25) is 0 Å². The minimum atomic E-state index is -0.857. The third-order valence-corrected chi connectivity index (χ3v) is 4.22. The van der Waals surface area contributed by atoms with Crippen molar-refractivity contribution in [2.45, 2.75) is 52.4 Å². The van der Waals surface area contributed by atoms with Crippen molar-refractivity contribution in [1.82, 2.24) is 0 Å². The predicted octanol–water partition coefficient (Wildman–Crippen LogP) is 3.03. The summed E-state index contributed by atoms with van der Waals surface area (Å²) in [5, 5.41) is 19.5. The van der Waals surface area contributed by atoms with Crippen molar-refractivity contribution in [3.8, 4) is 11.5 Å². The predicted molar refractivity (Wildman–Crippen MR) is 99.1 cm³/mol. The molecule has 0 spiro atoms. The van der Waals surface area contributed by atoms with Crippen LogP contribution in [0.5, 0.6) is 11.5 Å². The van der Waals surface area contributed by atoms with E-state index >= 15 is 0 Å². The molecule has 2 N–H and O–H groups in total. The maximum absolute atomic E-state index is 12.1. The van der Waals surface area contributed by atoms with Gasteiger partial charge in [-0.15, -0.1) is 0 Å². The maximum atomic E-state index is 12.1. The van der Waals surface area contributed by atoms with Gasteiger partial charge in [0, 0.05) is 25.0 Å². The Morgan fingerprint density at radius 3 is 1.43 bits per heavy atom. The molecule has 2 aromatic heterocycles. The van der Waals surface area contributed by atoms with Crippen LogP contribution in [0.3, 0.4) is 0 Å². The van der Waals surface area contributed by atoms with Crippen LogP contribution in [0.25, 0.3) is 0 Å². The van der Waals surface area contributed by atoms with Crippen molar-refractivity contribution in [1.29, 1.82) is 0 Å². The third kappa shape index (κ3) is 5.18. The van der Waals surface area contributed by atoms with Gasteiger partial charge in [0.25, 0.3) is 0 Å². The molecular formula is C20H22O8. The number of rotatable bonds is 9. The Morgan fingerprint density at radius 2 is 1.11 bits per heavy atom. The molecule has 0 fully saturated rings. The molecule has 0 saturated carbocycles. The summed E-state index contributed by atoms with van der Waals surface area (Å²) in [6.07, 6.45) is 2.31. The summed E-state index contributed by atoms with van der Waals surface area (Å²) in [5.74, 6) is -1.33. The van der Waals surface area contributed by atoms with Gasteiger partial charge >= 0.3 is 11.3 Å². The molecule has 0 aromatic carbocycles. The number of hydrogen-bond donors (Lipinski definition) is 2. The fourth-order valence-corrected chi connectivity index (χ4v) is 2.88. The minimum absolute atomic E-state index is 0.0671. The molecule has 2 heterocycles. The summed E-state index contributed by atoms with van der Waals surface area (Å²) in [6, 6.07) is 2.44. The minimum Gasteiger partial charge on any atom is -0.507 e. The van der Waals surface area contributed by atoms with Gasteiger partial charge in [-0.2, -0.15) is 0 Å². The Balaban J connectivity index is 1.78. The lowest BCUT2D eigenvalue weighted by molar-refractivity contribution is 0.0958. The normalized spacial score (nSPS) is 10.8. The van der Waals surface area contributed by atoms with Crippen LogP contribution in [-0.2, 0) is 0 Å². The molecule has 2 aromatic rings. The van der Waals surface area contributed by atoms with Crippen molar-refractivity contribution in [2.75, 3.05) is 0 Å². The van der Waals surface area contributed by atoms with Crippen LogP contribution in [0.2, 0.25) is 0 Å². The first-order valence-corrected chi connectivity index (χ1v) is 8.94. The summed E-state index contributed by atoms with van der Waals surface area (Å²) < 4.78 is 9.65. The van der Waals surface area contributed by atoms with Gasteiger partial charge in [0.05, 0.1) is 0 Å². The lowest BCUT2D eigenvalue weighted by Gasteiger charge is -2.04. The molecule has 0 radical (unpaired) electrons. The quantitative estimate of drug-likeness (QED) is 0.493. The van der Waals surface area contributed by atoms with Gasteiger partial charge in [0.1, 0.15) is 34.1 Å². The molecule has 0 aliphatic rings. The zero-order chi connectivity index (χ0) is 20.8. The molecule has 28 heavy (non-hydrogen) atoms. The Hall–Kier alpha value is -3.16. The summed E-state index contributed by atoms with van der Waals surface area (Å²) in [7, 11) is 0. The molecule has 8 heteroatoms. The highest BCUT2D eigenvalue weighted by atomic mass is 16.4. The zero-order valence-electron chi connectivity index (χ0n) is 15.7. The molecule has 0 atom stereocenters. The largest absolute Gasteiger partial charge is 0.507 e. The van der Waals surface area contributed by atoms with E-state index in [1.807, 2.05) is 0 Å². The van der Waals surface area contributed by atoms with E-state index in [0.717, 1.165) is 0 Å². The zero-order valence-corrected chi connectivity index (χ0v) is 15.7. The SMILES string of the molecule is Cc1cc(O)c(C(=O)CCCCCCC(=O)c2c(O)cc(C)oc2=O)c(=O)o1. The molecule has 0 unspecified atom stereocenters. The maximum Gasteiger partial charge on any atom is 0.350 e. The van der Waals surface area contributed by atoms with Gasteiger partial charge in [-0.3, -0.25) is 9.59 Å². The Morgan fingerprint density at radius 1 is 0.750 bits per heavy atom. The van der Waals surface area contributed by atoms with Crippen LogP contribution in [0.1, 0.15) is 70.8 Å². The molecule has 0 amide bonds. The summed E-state index contributed by atoms with van der Waals surface area (Å²) in [4.78, 5) is 47.5. The van der Waals surface area contributed by atoms with E-state index < -0.39 is 22.8 Å². The van der Waals surface area contributed by atoms with E-state index in [-0.39, 0.29) is 47.0 Å². The second kappa shape index (κ2) is 9.16. The number of carbonyl (C=O) groups is 2. The summed E-state index contributed by atoms with van der Waals surface area (Å²) in [6.45, 7) is 2.99. The standard InChI is InChI=1S/C20H22O8/c1-11-9-15(23)17(19(25)27-11)13(21)7-5-3-4-6-8-14(22)18-16(24)10-12(2)28-20(18)26/h9-10,23-24H,3-8H2,1-2H3. The van der Waals surface area contributed by atoms with Crippen molar-refractivity contribution in [2.24, 2.45) is 0 Å². The molecular weight excluding hydrogens is 368 g/mol. The van der Waals surface area contributed by atoms with Crippen LogP contribution < -0.4 is 11.3 Å². The highest BCUT2D eigenvalue weighted by Gasteiger charge is 2.19. The molecule has 0 bridgehead atoms. The van der Waals surface area contributed by atoms with Gasteiger partial charge in [-0.1, -0.05) is 12.8 Å². The van der Waals surface area contributed by atoms with E-state index in [4.69, 9.17) is 8.83 Å². The van der Waals surface area contributed by atoms with Crippen LogP contribution in [0.15, 0.2) is 30.6 Å². The number of unbranched alkanes of at least 4 members (excludes halogenated alkanes) is 3. The first kappa shape index (κ1) is 21.1. The van der Waals surface area contributed by atoms with Crippen molar-refractivity contribution in [3.05, 3.63) is 55.6 Å². The van der Waals surface area contributed by atoms with E-state index in [2.05, 4.69) is 0 Å². The smallest absolute Gasteiger partial charge is 0.350 e. The molecule has 2 rings (SSSR count). The van der Waals surface area contributed by atoms with E-state index in [9.17, 15) is 29.4 Å². The first-order chi connectivity index (χ1) is 13.2. The average Bonchev–Trinajstić information content (AvgIpc) is 2.56. The highest BCUT2D eigenvalue weighted by molar-refractivity contribution is 5.98. The fourth-order valence-electron chi connectivity index (χ4n) is 2.88. The van der Waals surface area contributed by atoms with E-state index in [0.29, 0.717) is 25.7 Å². The van der Waals surface area contributed by atoms with Gasteiger partial charge < -0.3 is 19.0 Å². The van der Waals surface area contributed by atoms with Crippen molar-refractivity contribution < 1.29 is 28.6 Å². The van der Waals surface area contributed by atoms with Crippen LogP contribution in [-0.4, -0.2) is 21.8 Å². The van der Waals surface area contributed by atoms with Gasteiger partial charge in [-0.25, -0.2) is 9.59 Å². The Labute approximate surface area is 160 Å². The van der Waals surface area contributed by atoms with Crippen LogP contribution in [0, 0.1) is 13.8 Å². The van der Waals surface area contributed by atoms with Gasteiger partial charge in [-0.05, 0) is 26.7 Å². The average molecular weight is 390 g/mol. The number of aryl methyl sites for hydroxylation is 2. The lowest BCUT2D eigenvalue weighted by Crippen LogP contribution is -2.15. The monoisotopic (exact) mass is 390 g/mol. The topological polar surface area (TPSA) is 135 Å².